The summed E-state index contributed by atoms with van der Waals surface area (Å²) in [6, 6.07) is 4.73. The average Bonchev–Trinajstić information content (AvgIpc) is 3.26. The number of fused-ring (bicyclic) bond motifs is 2. The van der Waals surface area contributed by atoms with E-state index in [1.54, 1.807) is 0 Å². The van der Waals surface area contributed by atoms with Gasteiger partial charge < -0.3 is 5.11 Å². The second kappa shape index (κ2) is 5.77. The quantitative estimate of drug-likeness (QED) is 0.885. The molecule has 0 aromatic carbocycles. The van der Waals surface area contributed by atoms with E-state index in [1.807, 2.05) is 18.5 Å². The van der Waals surface area contributed by atoms with Gasteiger partial charge in [-0.25, -0.2) is 0 Å². The summed E-state index contributed by atoms with van der Waals surface area (Å²) in [6.45, 7) is 7.75. The van der Waals surface area contributed by atoms with Crippen molar-refractivity contribution in [2.24, 2.45) is 5.92 Å². The Hall–Kier alpha value is -1.01. The van der Waals surface area contributed by atoms with Crippen LogP contribution in [-0.4, -0.2) is 81.7 Å². The lowest BCUT2D eigenvalue weighted by molar-refractivity contribution is -0.116. The summed E-state index contributed by atoms with van der Waals surface area (Å²) in [5.74, 6) is 0.970. The van der Waals surface area contributed by atoms with E-state index in [9.17, 15) is 5.11 Å². The van der Waals surface area contributed by atoms with Crippen molar-refractivity contribution in [3.8, 4) is 0 Å². The smallest absolute Gasteiger partial charge is 0.0682 e. The Kier molecular flexibility index (Phi) is 3.67. The van der Waals surface area contributed by atoms with Gasteiger partial charge in [-0.15, -0.1) is 0 Å². The van der Waals surface area contributed by atoms with E-state index in [0.29, 0.717) is 6.04 Å². The van der Waals surface area contributed by atoms with E-state index in [1.165, 1.54) is 38.0 Å². The zero-order chi connectivity index (χ0) is 16.1. The zero-order valence-electron chi connectivity index (χ0n) is 14.3. The van der Waals surface area contributed by atoms with E-state index in [2.05, 4.69) is 25.8 Å². The molecule has 0 unspecified atom stereocenters. The molecule has 1 spiro atoms. The van der Waals surface area contributed by atoms with Gasteiger partial charge in [0.15, 0.2) is 0 Å². The largest absolute Gasteiger partial charge is 0.392 e. The minimum Gasteiger partial charge on any atom is -0.392 e. The fourth-order valence-corrected chi connectivity index (χ4v) is 5.25. The van der Waals surface area contributed by atoms with E-state index in [4.69, 9.17) is 0 Å². The van der Waals surface area contributed by atoms with E-state index in [-0.39, 0.29) is 11.6 Å². The highest BCUT2D eigenvalue weighted by molar-refractivity contribution is 5.15. The maximum Gasteiger partial charge on any atom is 0.0682 e. The molecule has 1 N–H and O–H groups in total. The van der Waals surface area contributed by atoms with Crippen molar-refractivity contribution in [3.05, 3.63) is 30.1 Å². The Morgan fingerprint density at radius 3 is 2.75 bits per heavy atom. The molecule has 130 valence electrons. The highest BCUT2D eigenvalue weighted by Crippen LogP contribution is 2.41. The summed E-state index contributed by atoms with van der Waals surface area (Å²) in [4.78, 5) is 12.2. The molecule has 1 aliphatic carbocycles. The standard InChI is InChI=1S/C19H28N4O/c24-18-6-17-10-21(9-16-2-1-5-20-7-16)12-19(23(17)11-18)13-22(14-19)8-15-3-4-15/h1-2,5,7,15,17-18,24H,3-4,6,8-14H2/t17-,18+/m0/s1. The highest BCUT2D eigenvalue weighted by atomic mass is 16.3. The van der Waals surface area contributed by atoms with Crippen LogP contribution in [-0.2, 0) is 6.54 Å². The first-order chi connectivity index (χ1) is 11.7. The maximum atomic E-state index is 10.2. The molecule has 0 bridgehead atoms. The summed E-state index contributed by atoms with van der Waals surface area (Å²) in [7, 11) is 0. The molecule has 1 aromatic heterocycles. The molecule has 5 rings (SSSR count). The van der Waals surface area contributed by atoms with Gasteiger partial charge >= 0.3 is 0 Å². The van der Waals surface area contributed by atoms with Gasteiger partial charge in [0, 0.05) is 64.2 Å². The van der Waals surface area contributed by atoms with Crippen LogP contribution >= 0.6 is 0 Å². The van der Waals surface area contributed by atoms with Gasteiger partial charge in [0.05, 0.1) is 11.6 Å². The fraction of sp³-hybridized carbons (Fsp3) is 0.737. The third-order valence-electron chi connectivity index (χ3n) is 6.37. The zero-order valence-corrected chi connectivity index (χ0v) is 14.3. The highest BCUT2D eigenvalue weighted by Gasteiger charge is 2.56. The predicted molar refractivity (Wildman–Crippen MR) is 92.5 cm³/mol. The van der Waals surface area contributed by atoms with Crippen LogP contribution in [0.15, 0.2) is 24.5 Å². The van der Waals surface area contributed by atoms with Crippen molar-refractivity contribution in [3.63, 3.8) is 0 Å². The van der Waals surface area contributed by atoms with Gasteiger partial charge in [-0.1, -0.05) is 6.07 Å². The molecule has 24 heavy (non-hydrogen) atoms. The number of likely N-dealkylation sites (tertiary alicyclic amines) is 1. The van der Waals surface area contributed by atoms with E-state index in [0.717, 1.165) is 38.5 Å². The first-order valence-corrected chi connectivity index (χ1v) is 9.49. The third kappa shape index (κ3) is 2.77. The van der Waals surface area contributed by atoms with Crippen LogP contribution in [0.4, 0.5) is 0 Å². The fourth-order valence-electron chi connectivity index (χ4n) is 5.25. The molecule has 1 aromatic rings. The lowest BCUT2D eigenvalue weighted by Crippen LogP contribution is -2.78. The molecule has 3 aliphatic heterocycles. The summed E-state index contributed by atoms with van der Waals surface area (Å²) in [5.41, 5.74) is 1.58. The molecule has 0 radical (unpaired) electrons. The topological polar surface area (TPSA) is 42.8 Å². The SMILES string of the molecule is O[C@@H]1C[C@H]2CN(Cc3cccnc3)CC3(CN(CC4CC4)C3)N2C1. The molecule has 2 atom stereocenters. The number of nitrogens with zero attached hydrogens (tertiary/aromatic N) is 4. The molecule has 0 amide bonds. The molecule has 3 saturated heterocycles. The predicted octanol–water partition coefficient (Wildman–Crippen LogP) is 0.797. The van der Waals surface area contributed by atoms with Crippen LogP contribution in [0.5, 0.6) is 0 Å². The Morgan fingerprint density at radius 1 is 1.17 bits per heavy atom. The maximum absolute atomic E-state index is 10.2. The van der Waals surface area contributed by atoms with Crippen molar-refractivity contribution in [1.29, 1.82) is 0 Å². The Balaban J connectivity index is 1.30. The monoisotopic (exact) mass is 328 g/mol. The number of rotatable bonds is 4. The van der Waals surface area contributed by atoms with Crippen molar-refractivity contribution in [1.82, 2.24) is 19.7 Å². The van der Waals surface area contributed by atoms with E-state index < -0.39 is 0 Å². The number of hydrogen-bond donors (Lipinski definition) is 1. The van der Waals surface area contributed by atoms with Gasteiger partial charge in [-0.05, 0) is 36.8 Å². The van der Waals surface area contributed by atoms with Crippen molar-refractivity contribution in [2.75, 3.05) is 39.3 Å². The van der Waals surface area contributed by atoms with Gasteiger partial charge in [0.2, 0.25) is 0 Å². The molecular formula is C19H28N4O. The van der Waals surface area contributed by atoms with Gasteiger partial charge in [0.1, 0.15) is 0 Å². The molecule has 4 fully saturated rings. The second-order valence-electron chi connectivity index (χ2n) is 8.56. The number of β-amino-alcohol motifs (C(OH)–C–C–N with tert-alkyl or cyclic N) is 1. The summed E-state index contributed by atoms with van der Waals surface area (Å²) in [6.07, 6.45) is 7.50. The summed E-state index contributed by atoms with van der Waals surface area (Å²) >= 11 is 0. The van der Waals surface area contributed by atoms with Crippen LogP contribution in [0.25, 0.3) is 0 Å². The number of aliphatic hydroxyl groups excluding tert-OH is 1. The molecular weight excluding hydrogens is 300 g/mol. The molecule has 5 nitrogen and oxygen atoms in total. The number of pyridine rings is 1. The molecule has 1 saturated carbocycles. The first kappa shape index (κ1) is 15.3. The molecule has 4 aliphatic rings. The Labute approximate surface area is 144 Å². The number of aliphatic hydroxyl groups is 1. The van der Waals surface area contributed by atoms with Gasteiger partial charge in [0.25, 0.3) is 0 Å². The number of hydrogen-bond acceptors (Lipinski definition) is 5. The molecule has 5 heteroatoms. The third-order valence-corrected chi connectivity index (χ3v) is 6.37. The second-order valence-corrected chi connectivity index (χ2v) is 8.56. The average molecular weight is 328 g/mol. The summed E-state index contributed by atoms with van der Waals surface area (Å²) in [5, 5.41) is 10.2. The lowest BCUT2D eigenvalue weighted by Gasteiger charge is -2.61. The van der Waals surface area contributed by atoms with Crippen LogP contribution in [0.1, 0.15) is 24.8 Å². The van der Waals surface area contributed by atoms with Crippen LogP contribution in [0.2, 0.25) is 0 Å². The number of piperazine rings is 1. The molecule has 4 heterocycles. The van der Waals surface area contributed by atoms with Crippen molar-refractivity contribution in [2.45, 2.75) is 43.5 Å². The summed E-state index contributed by atoms with van der Waals surface area (Å²) < 4.78 is 0. The van der Waals surface area contributed by atoms with Crippen LogP contribution < -0.4 is 0 Å². The Bertz CT molecular complexity index is 584. The first-order valence-electron chi connectivity index (χ1n) is 9.49. The lowest BCUT2D eigenvalue weighted by atomic mass is 9.83. The van der Waals surface area contributed by atoms with Crippen molar-refractivity contribution < 1.29 is 5.11 Å². The van der Waals surface area contributed by atoms with Crippen LogP contribution in [0, 0.1) is 5.92 Å². The van der Waals surface area contributed by atoms with Gasteiger partial charge in [-0.2, -0.15) is 0 Å². The normalized spacial score (nSPS) is 33.5. The minimum atomic E-state index is -0.136. The van der Waals surface area contributed by atoms with Crippen molar-refractivity contribution >= 4 is 0 Å². The Morgan fingerprint density at radius 2 is 2.00 bits per heavy atom. The van der Waals surface area contributed by atoms with E-state index >= 15 is 0 Å². The van der Waals surface area contributed by atoms with Gasteiger partial charge in [-0.3, -0.25) is 19.7 Å². The number of aromatic nitrogens is 1. The van der Waals surface area contributed by atoms with Crippen LogP contribution in [0.3, 0.4) is 0 Å². The minimum absolute atomic E-state index is 0.136.